The summed E-state index contributed by atoms with van der Waals surface area (Å²) in [5.74, 6) is 0.189. The molecule has 9 nitrogen and oxygen atoms in total. The smallest absolute Gasteiger partial charge is 0.301 e. The summed E-state index contributed by atoms with van der Waals surface area (Å²) in [5, 5.41) is 11.9. The van der Waals surface area contributed by atoms with E-state index in [2.05, 4.69) is 4.98 Å². The predicted octanol–water partition coefficient (Wildman–Crippen LogP) is 6.13. The lowest BCUT2D eigenvalue weighted by Crippen LogP contribution is -2.29. The molecule has 1 saturated heterocycles. The van der Waals surface area contributed by atoms with Gasteiger partial charge in [-0.15, -0.1) is 0 Å². The van der Waals surface area contributed by atoms with E-state index in [1.54, 1.807) is 42.5 Å². The molecule has 1 aromatic heterocycles. The molecule has 41 heavy (non-hydrogen) atoms. The zero-order valence-electron chi connectivity index (χ0n) is 23.2. The number of fused-ring (bicyclic) bond motifs is 1. The Kier molecular flexibility index (Phi) is 8.11. The van der Waals surface area contributed by atoms with Crippen molar-refractivity contribution >= 4 is 44.1 Å². The van der Waals surface area contributed by atoms with Crippen LogP contribution in [0.4, 0.5) is 5.13 Å². The van der Waals surface area contributed by atoms with Gasteiger partial charge < -0.3 is 24.1 Å². The van der Waals surface area contributed by atoms with Crippen molar-refractivity contribution in [2.24, 2.45) is 0 Å². The first-order valence-electron chi connectivity index (χ1n) is 13.2. The number of nitrogens with zero attached hydrogens (tertiary/aromatic N) is 2. The summed E-state index contributed by atoms with van der Waals surface area (Å²) in [7, 11) is 3.03. The van der Waals surface area contributed by atoms with Crippen LogP contribution in [0.15, 0.2) is 66.2 Å². The molecule has 0 saturated carbocycles. The lowest BCUT2D eigenvalue weighted by atomic mass is 9.95. The van der Waals surface area contributed by atoms with Crippen LogP contribution in [0.3, 0.4) is 0 Å². The number of rotatable bonds is 10. The highest BCUT2D eigenvalue weighted by Gasteiger charge is 2.48. The van der Waals surface area contributed by atoms with Crippen molar-refractivity contribution in [3.63, 3.8) is 0 Å². The number of carbonyl (C=O) groups is 2. The number of amides is 1. The third-order valence-corrected chi connectivity index (χ3v) is 7.63. The van der Waals surface area contributed by atoms with Crippen molar-refractivity contribution in [1.82, 2.24) is 4.98 Å². The van der Waals surface area contributed by atoms with Gasteiger partial charge in [0, 0.05) is 5.56 Å². The molecule has 10 heteroatoms. The molecule has 212 valence electrons. The second-order valence-electron chi connectivity index (χ2n) is 9.22. The molecular formula is C31H30N2O7S. The molecule has 1 N–H and O–H groups in total. The molecule has 1 aliphatic heterocycles. The molecule has 1 aliphatic rings. The van der Waals surface area contributed by atoms with E-state index in [4.69, 9.17) is 18.9 Å². The Hall–Kier alpha value is -4.57. The maximum atomic E-state index is 13.7. The van der Waals surface area contributed by atoms with Gasteiger partial charge in [0.15, 0.2) is 16.6 Å². The lowest BCUT2D eigenvalue weighted by molar-refractivity contribution is -0.132. The van der Waals surface area contributed by atoms with E-state index in [0.29, 0.717) is 58.0 Å². The van der Waals surface area contributed by atoms with Crippen LogP contribution in [0.25, 0.3) is 16.0 Å². The van der Waals surface area contributed by atoms with Crippen molar-refractivity contribution in [3.8, 4) is 23.0 Å². The molecule has 1 amide bonds. The van der Waals surface area contributed by atoms with E-state index >= 15 is 0 Å². The number of aliphatic hydroxyl groups excluding tert-OH is 1. The first-order chi connectivity index (χ1) is 19.9. The third kappa shape index (κ3) is 5.30. The normalized spacial score (nSPS) is 16.3. The second kappa shape index (κ2) is 11.9. The summed E-state index contributed by atoms with van der Waals surface area (Å²) in [6.45, 7) is 4.91. The van der Waals surface area contributed by atoms with Gasteiger partial charge in [0.25, 0.3) is 5.78 Å². The Morgan fingerprint density at radius 3 is 2.46 bits per heavy atom. The first kappa shape index (κ1) is 28.0. The fourth-order valence-corrected chi connectivity index (χ4v) is 5.75. The molecule has 2 heterocycles. The van der Waals surface area contributed by atoms with Gasteiger partial charge in [0.05, 0.1) is 49.3 Å². The van der Waals surface area contributed by atoms with Crippen LogP contribution < -0.4 is 23.8 Å². The molecule has 5 rings (SSSR count). The van der Waals surface area contributed by atoms with Gasteiger partial charge >= 0.3 is 5.91 Å². The molecule has 0 bridgehead atoms. The maximum absolute atomic E-state index is 13.7. The number of aromatic nitrogens is 1. The van der Waals surface area contributed by atoms with Gasteiger partial charge in [-0.3, -0.25) is 14.5 Å². The highest BCUT2D eigenvalue weighted by molar-refractivity contribution is 7.22. The number of methoxy groups -OCH3 is 2. The van der Waals surface area contributed by atoms with Crippen molar-refractivity contribution in [1.29, 1.82) is 0 Å². The molecule has 0 spiro atoms. The van der Waals surface area contributed by atoms with Gasteiger partial charge in [-0.1, -0.05) is 36.5 Å². The van der Waals surface area contributed by atoms with E-state index in [0.717, 1.165) is 11.1 Å². The molecule has 3 aromatic carbocycles. The van der Waals surface area contributed by atoms with E-state index in [9.17, 15) is 14.7 Å². The zero-order valence-corrected chi connectivity index (χ0v) is 24.0. The minimum Gasteiger partial charge on any atom is -0.507 e. The van der Waals surface area contributed by atoms with E-state index in [-0.39, 0.29) is 11.3 Å². The summed E-state index contributed by atoms with van der Waals surface area (Å²) < 4.78 is 23.1. The summed E-state index contributed by atoms with van der Waals surface area (Å²) >= 11 is 1.26. The van der Waals surface area contributed by atoms with Crippen molar-refractivity contribution in [2.45, 2.75) is 26.3 Å². The molecule has 0 radical (unpaired) electrons. The largest absolute Gasteiger partial charge is 0.507 e. The first-order valence-corrected chi connectivity index (χ1v) is 14.0. The Morgan fingerprint density at radius 2 is 1.73 bits per heavy atom. The summed E-state index contributed by atoms with van der Waals surface area (Å²) in [6.07, 6.45) is 0.814. The van der Waals surface area contributed by atoms with Crippen LogP contribution in [0, 0.1) is 0 Å². The summed E-state index contributed by atoms with van der Waals surface area (Å²) in [6, 6.07) is 16.4. The van der Waals surface area contributed by atoms with Crippen molar-refractivity contribution in [2.75, 3.05) is 32.3 Å². The fraction of sp³-hybridized carbons (Fsp3) is 0.258. The highest BCUT2D eigenvalue weighted by Crippen LogP contribution is 2.46. The zero-order chi connectivity index (χ0) is 29.1. The Balaban J connectivity index is 1.69. The Bertz CT molecular complexity index is 1640. The number of ether oxygens (including phenoxy) is 4. The van der Waals surface area contributed by atoms with Gasteiger partial charge in [0.1, 0.15) is 17.3 Å². The second-order valence-corrected chi connectivity index (χ2v) is 10.2. The van der Waals surface area contributed by atoms with Crippen LogP contribution >= 0.6 is 11.3 Å². The van der Waals surface area contributed by atoms with E-state index in [1.165, 1.54) is 30.5 Å². The Morgan fingerprint density at radius 1 is 0.951 bits per heavy atom. The number of hydrogen-bond acceptors (Lipinski definition) is 9. The van der Waals surface area contributed by atoms with Crippen molar-refractivity contribution < 1.29 is 33.6 Å². The number of aliphatic hydroxyl groups is 1. The van der Waals surface area contributed by atoms with Gasteiger partial charge in [-0.05, 0) is 61.4 Å². The number of carbonyl (C=O) groups excluding carboxylic acids is 2. The minimum absolute atomic E-state index is 0.0656. The Labute approximate surface area is 241 Å². The fourth-order valence-electron chi connectivity index (χ4n) is 4.73. The maximum Gasteiger partial charge on any atom is 0.301 e. The molecule has 4 aromatic rings. The SMILES string of the molecule is CCCOc1cccc(/C(O)=C2\C(=O)C(=O)N(c3nc4ccc(OCC)cc4s3)C2c2ccc(OC)c(OC)c2)c1. The van der Waals surface area contributed by atoms with Crippen molar-refractivity contribution in [3.05, 3.63) is 77.4 Å². The van der Waals surface area contributed by atoms with Crippen LogP contribution in [0.1, 0.15) is 37.4 Å². The number of benzene rings is 3. The molecule has 0 aliphatic carbocycles. The van der Waals surface area contributed by atoms with Crippen LogP contribution in [-0.2, 0) is 9.59 Å². The predicted molar refractivity (Wildman–Crippen MR) is 157 cm³/mol. The quantitative estimate of drug-likeness (QED) is 0.137. The van der Waals surface area contributed by atoms with Crippen LogP contribution in [-0.4, -0.2) is 49.2 Å². The lowest BCUT2D eigenvalue weighted by Gasteiger charge is -2.23. The van der Waals surface area contributed by atoms with Crippen LogP contribution in [0.5, 0.6) is 23.0 Å². The average molecular weight is 575 g/mol. The number of anilines is 1. The number of hydrogen-bond donors (Lipinski definition) is 1. The molecule has 1 unspecified atom stereocenters. The van der Waals surface area contributed by atoms with Gasteiger partial charge in [-0.2, -0.15) is 0 Å². The summed E-state index contributed by atoms with van der Waals surface area (Å²) in [5.41, 5.74) is 1.48. The standard InChI is InChI=1S/C31H30N2O7S/c1-5-14-40-20-9-7-8-19(15-20)28(34)26-27(18-10-13-23(37-3)24(16-18)38-4)33(30(36)29(26)35)31-32-22-12-11-21(39-6-2)17-25(22)41-31/h7-13,15-17,27,34H,5-6,14H2,1-4H3/b28-26+. The summed E-state index contributed by atoms with van der Waals surface area (Å²) in [4.78, 5) is 33.3. The van der Waals surface area contributed by atoms with Crippen LogP contribution in [0.2, 0.25) is 0 Å². The average Bonchev–Trinajstić information content (AvgIpc) is 3.53. The molecule has 1 fully saturated rings. The van der Waals surface area contributed by atoms with Gasteiger partial charge in [0.2, 0.25) is 0 Å². The van der Waals surface area contributed by atoms with E-state index in [1.807, 2.05) is 32.0 Å². The monoisotopic (exact) mass is 574 g/mol. The number of thiazole rings is 1. The third-order valence-electron chi connectivity index (χ3n) is 6.61. The van der Waals surface area contributed by atoms with E-state index < -0.39 is 17.7 Å². The highest BCUT2D eigenvalue weighted by atomic mass is 32.1. The topological polar surface area (TPSA) is 107 Å². The van der Waals surface area contributed by atoms with Gasteiger partial charge in [-0.25, -0.2) is 4.98 Å². The molecule has 1 atom stereocenters. The number of Topliss-reactive ketones (excluding diaryl/α,β-unsaturated/α-hetero) is 1. The number of ketones is 1. The molecular weight excluding hydrogens is 544 g/mol. The minimum atomic E-state index is -0.984.